The Kier molecular flexibility index (Phi) is 4.76. The number of hydrogen-bond acceptors (Lipinski definition) is 7. The number of ether oxygens (including phenoxy) is 1. The fraction of sp³-hybridized carbons (Fsp3) is 0.316. The summed E-state index contributed by atoms with van der Waals surface area (Å²) in [4.78, 5) is 31.2. The molecule has 1 aromatic carbocycles. The van der Waals surface area contributed by atoms with E-state index in [0.717, 1.165) is 11.4 Å². The van der Waals surface area contributed by atoms with Crippen molar-refractivity contribution in [2.45, 2.75) is 37.6 Å². The van der Waals surface area contributed by atoms with E-state index in [-0.39, 0.29) is 18.2 Å². The molecule has 9 heteroatoms. The van der Waals surface area contributed by atoms with E-state index in [2.05, 4.69) is 15.2 Å². The largest absolute Gasteiger partial charge is 0.492 e. The number of aryl methyl sites for hydroxylation is 2. The van der Waals surface area contributed by atoms with E-state index in [0.29, 0.717) is 29.0 Å². The molecule has 144 valence electrons. The van der Waals surface area contributed by atoms with Gasteiger partial charge in [-0.3, -0.25) is 14.0 Å². The molecule has 1 saturated heterocycles. The molecule has 2 amide bonds. The summed E-state index contributed by atoms with van der Waals surface area (Å²) < 4.78 is 7.38. The highest BCUT2D eigenvalue weighted by atomic mass is 32.2. The maximum Gasteiger partial charge on any atom is 0.256 e. The Hall–Kier alpha value is -2.94. The number of fused-ring (bicyclic) bond motifs is 1. The Morgan fingerprint density at radius 2 is 2.00 bits per heavy atom. The van der Waals surface area contributed by atoms with Gasteiger partial charge in [0.15, 0.2) is 5.16 Å². The van der Waals surface area contributed by atoms with Gasteiger partial charge in [-0.15, -0.1) is 10.2 Å². The summed E-state index contributed by atoms with van der Waals surface area (Å²) in [6.07, 6.45) is 0.0945. The molecule has 0 spiro atoms. The summed E-state index contributed by atoms with van der Waals surface area (Å²) in [5.74, 6) is 0.460. The molecule has 1 aliphatic heterocycles. The lowest BCUT2D eigenvalue weighted by Gasteiger charge is -2.18. The first-order chi connectivity index (χ1) is 13.5. The molecule has 1 fully saturated rings. The van der Waals surface area contributed by atoms with Crippen LogP contribution < -0.4 is 9.64 Å². The number of hydrogen-bond donors (Lipinski definition) is 0. The summed E-state index contributed by atoms with van der Waals surface area (Å²) in [7, 11) is 0. The highest BCUT2D eigenvalue weighted by Gasteiger charge is 2.42. The molecular weight excluding hydrogens is 378 g/mol. The molecular formula is C19H19N5O3S. The summed E-state index contributed by atoms with van der Waals surface area (Å²) in [5.41, 5.74) is 2.24. The number of thioether (sulfide) groups is 1. The molecule has 4 rings (SSSR count). The van der Waals surface area contributed by atoms with E-state index in [1.165, 1.54) is 16.7 Å². The van der Waals surface area contributed by atoms with Crippen LogP contribution in [-0.2, 0) is 9.59 Å². The average Bonchev–Trinajstić information content (AvgIpc) is 3.17. The van der Waals surface area contributed by atoms with Gasteiger partial charge in [0.25, 0.3) is 5.78 Å². The number of rotatable bonds is 5. The van der Waals surface area contributed by atoms with Crippen LogP contribution in [0.2, 0.25) is 0 Å². The van der Waals surface area contributed by atoms with Crippen LogP contribution in [-0.4, -0.2) is 43.3 Å². The molecule has 0 bridgehead atoms. The molecule has 28 heavy (non-hydrogen) atoms. The molecule has 0 saturated carbocycles. The van der Waals surface area contributed by atoms with Crippen molar-refractivity contribution in [2.75, 3.05) is 11.5 Å². The van der Waals surface area contributed by atoms with E-state index in [1.54, 1.807) is 22.6 Å². The van der Waals surface area contributed by atoms with Crippen molar-refractivity contribution in [3.05, 3.63) is 41.7 Å². The minimum atomic E-state index is -0.574. The van der Waals surface area contributed by atoms with Crippen LogP contribution in [0, 0.1) is 13.8 Å². The Balaban J connectivity index is 1.64. The Morgan fingerprint density at radius 1 is 1.21 bits per heavy atom. The van der Waals surface area contributed by atoms with Gasteiger partial charge in [0.2, 0.25) is 11.8 Å². The second-order valence-electron chi connectivity index (χ2n) is 6.44. The Bertz CT molecular complexity index is 1080. The number of carbonyl (C=O) groups is 2. The van der Waals surface area contributed by atoms with Gasteiger partial charge < -0.3 is 4.74 Å². The van der Waals surface area contributed by atoms with Crippen molar-refractivity contribution in [1.82, 2.24) is 19.6 Å². The molecule has 0 N–H and O–H groups in total. The molecule has 0 radical (unpaired) electrons. The van der Waals surface area contributed by atoms with Crippen LogP contribution in [0.15, 0.2) is 35.5 Å². The first-order valence-corrected chi connectivity index (χ1v) is 9.82. The van der Waals surface area contributed by atoms with Gasteiger partial charge in [0.1, 0.15) is 11.0 Å². The second kappa shape index (κ2) is 7.23. The quantitative estimate of drug-likeness (QED) is 0.611. The third kappa shape index (κ3) is 3.11. The van der Waals surface area contributed by atoms with Crippen LogP contribution in [0.1, 0.15) is 24.7 Å². The van der Waals surface area contributed by atoms with E-state index in [9.17, 15) is 9.59 Å². The van der Waals surface area contributed by atoms with Crippen LogP contribution in [0.5, 0.6) is 5.75 Å². The maximum absolute atomic E-state index is 13.0. The van der Waals surface area contributed by atoms with Gasteiger partial charge >= 0.3 is 0 Å². The highest BCUT2D eigenvalue weighted by Crippen LogP contribution is 2.37. The van der Waals surface area contributed by atoms with Gasteiger partial charge in [-0.2, -0.15) is 0 Å². The zero-order valence-corrected chi connectivity index (χ0v) is 16.6. The highest BCUT2D eigenvalue weighted by molar-refractivity contribution is 8.00. The number of para-hydroxylation sites is 2. The van der Waals surface area contributed by atoms with E-state index in [4.69, 9.17) is 4.74 Å². The summed E-state index contributed by atoms with van der Waals surface area (Å²) in [6, 6.07) is 8.99. The predicted molar refractivity (Wildman–Crippen MR) is 105 cm³/mol. The topological polar surface area (TPSA) is 89.7 Å². The second-order valence-corrected chi connectivity index (χ2v) is 7.61. The zero-order valence-electron chi connectivity index (χ0n) is 15.7. The van der Waals surface area contributed by atoms with Crippen molar-refractivity contribution in [3.63, 3.8) is 0 Å². The Morgan fingerprint density at radius 3 is 2.79 bits per heavy atom. The number of benzene rings is 1. The van der Waals surface area contributed by atoms with Gasteiger partial charge in [0, 0.05) is 17.8 Å². The molecule has 0 unspecified atom stereocenters. The monoisotopic (exact) mass is 397 g/mol. The number of aromatic nitrogens is 4. The molecule has 3 heterocycles. The number of imide groups is 1. The van der Waals surface area contributed by atoms with Gasteiger partial charge in [0.05, 0.1) is 12.3 Å². The first-order valence-electron chi connectivity index (χ1n) is 8.94. The minimum Gasteiger partial charge on any atom is -0.492 e. The van der Waals surface area contributed by atoms with Gasteiger partial charge in [-0.05, 0) is 39.0 Å². The number of nitrogens with zero attached hydrogens (tertiary/aromatic N) is 5. The normalized spacial score (nSPS) is 17.0. The maximum atomic E-state index is 13.0. The summed E-state index contributed by atoms with van der Waals surface area (Å²) >= 11 is 1.23. The van der Waals surface area contributed by atoms with Crippen molar-refractivity contribution < 1.29 is 14.3 Å². The van der Waals surface area contributed by atoms with E-state index in [1.807, 2.05) is 32.9 Å². The van der Waals surface area contributed by atoms with Crippen LogP contribution in [0.3, 0.4) is 0 Å². The predicted octanol–water partition coefficient (Wildman–Crippen LogP) is 2.56. The van der Waals surface area contributed by atoms with Crippen molar-refractivity contribution in [1.29, 1.82) is 0 Å². The fourth-order valence-electron chi connectivity index (χ4n) is 3.27. The van der Waals surface area contributed by atoms with Gasteiger partial charge in [-0.1, -0.05) is 23.9 Å². The number of amides is 2. The van der Waals surface area contributed by atoms with Crippen molar-refractivity contribution in [2.24, 2.45) is 0 Å². The van der Waals surface area contributed by atoms with Crippen molar-refractivity contribution in [3.8, 4) is 5.75 Å². The fourth-order valence-corrected chi connectivity index (χ4v) is 4.38. The zero-order chi connectivity index (χ0) is 19.8. The molecule has 8 nitrogen and oxygen atoms in total. The third-order valence-corrected chi connectivity index (χ3v) is 5.55. The molecule has 2 aromatic heterocycles. The van der Waals surface area contributed by atoms with E-state index < -0.39 is 5.25 Å². The van der Waals surface area contributed by atoms with Crippen molar-refractivity contribution >= 4 is 35.0 Å². The lowest BCUT2D eigenvalue weighted by Crippen LogP contribution is -2.31. The van der Waals surface area contributed by atoms with Crippen LogP contribution in [0.4, 0.5) is 5.69 Å². The summed E-state index contributed by atoms with van der Waals surface area (Å²) in [6.45, 7) is 6.13. The lowest BCUT2D eigenvalue weighted by atomic mass is 10.2. The molecule has 1 atom stereocenters. The summed E-state index contributed by atoms with van der Waals surface area (Å²) in [5, 5.41) is 8.24. The Labute approximate surface area is 165 Å². The standard InChI is InChI=1S/C19H19N5O3S/c1-4-27-14-8-6-5-7-13(14)24-16(25)10-15(17(24)26)28-19-22-21-18-20-11(2)9-12(3)23(18)19/h5-9,15H,4,10H2,1-3H3/t15-/m0/s1. The minimum absolute atomic E-state index is 0.0945. The van der Waals surface area contributed by atoms with Crippen LogP contribution in [0.25, 0.3) is 5.78 Å². The molecule has 0 aliphatic carbocycles. The third-order valence-electron chi connectivity index (χ3n) is 4.42. The smallest absolute Gasteiger partial charge is 0.256 e. The lowest BCUT2D eigenvalue weighted by molar-refractivity contribution is -0.121. The molecule has 1 aliphatic rings. The van der Waals surface area contributed by atoms with Crippen LogP contribution >= 0.6 is 11.8 Å². The van der Waals surface area contributed by atoms with E-state index >= 15 is 0 Å². The number of carbonyl (C=O) groups excluding carboxylic acids is 2. The SMILES string of the molecule is CCOc1ccccc1N1C(=O)C[C@H](Sc2nnc3nc(C)cc(C)n23)C1=O. The number of anilines is 1. The average molecular weight is 397 g/mol. The molecule has 3 aromatic rings. The first kappa shape index (κ1) is 18.4. The van der Waals surface area contributed by atoms with Gasteiger partial charge in [-0.25, -0.2) is 9.88 Å².